The number of hydrogen-bond donors (Lipinski definition) is 0. The first kappa shape index (κ1) is 16.4. The standard InChI is InChI=1S/C20H22NO.BrH/c22-19-16-21(15-17-7-3-1-4-8-17)13-11-20(19,12-14-21)18-9-5-2-6-10-18;/h1-10H,11-16H2;1H/q+1;/p-1. The Morgan fingerprint density at radius 3 is 2.00 bits per heavy atom. The number of hydrogen-bond acceptors (Lipinski definition) is 1. The minimum Gasteiger partial charge on any atom is -1.00 e. The van der Waals surface area contributed by atoms with Crippen molar-refractivity contribution in [1.29, 1.82) is 0 Å². The number of carbonyl (C=O) groups is 1. The largest absolute Gasteiger partial charge is 1.00 e. The van der Waals surface area contributed by atoms with Crippen LogP contribution >= 0.6 is 0 Å². The van der Waals surface area contributed by atoms with Crippen LogP contribution in [0.15, 0.2) is 60.7 Å². The van der Waals surface area contributed by atoms with Crippen molar-refractivity contribution in [1.82, 2.24) is 0 Å². The minimum absolute atomic E-state index is 0. The van der Waals surface area contributed by atoms with E-state index in [1.807, 2.05) is 6.07 Å². The van der Waals surface area contributed by atoms with Gasteiger partial charge in [0.15, 0.2) is 5.78 Å². The highest BCUT2D eigenvalue weighted by atomic mass is 79.9. The SMILES string of the molecule is O=C1C[N+]2(Cc3ccccc3)CCC1(c1ccccc1)CC2.[Br-]. The van der Waals surface area contributed by atoms with Crippen LogP contribution in [0.1, 0.15) is 24.0 Å². The van der Waals surface area contributed by atoms with Crippen LogP contribution in [0.2, 0.25) is 0 Å². The smallest absolute Gasteiger partial charge is 0.197 e. The first-order valence-corrected chi connectivity index (χ1v) is 8.20. The molecule has 120 valence electrons. The van der Waals surface area contributed by atoms with Gasteiger partial charge in [-0.25, -0.2) is 0 Å². The summed E-state index contributed by atoms with van der Waals surface area (Å²) in [7, 11) is 0. The van der Waals surface area contributed by atoms with Crippen molar-refractivity contribution in [2.45, 2.75) is 24.8 Å². The Morgan fingerprint density at radius 1 is 0.870 bits per heavy atom. The molecule has 0 aliphatic carbocycles. The van der Waals surface area contributed by atoms with Gasteiger partial charge in [-0.1, -0.05) is 60.7 Å². The summed E-state index contributed by atoms with van der Waals surface area (Å²) in [6, 6.07) is 21.1. The second-order valence-electron chi connectivity index (χ2n) is 6.96. The van der Waals surface area contributed by atoms with Gasteiger partial charge in [0.1, 0.15) is 13.1 Å². The van der Waals surface area contributed by atoms with Gasteiger partial charge in [0.05, 0.1) is 18.5 Å². The fourth-order valence-electron chi connectivity index (χ4n) is 4.38. The third-order valence-electron chi connectivity index (χ3n) is 5.73. The van der Waals surface area contributed by atoms with Crippen molar-refractivity contribution in [3.05, 3.63) is 71.8 Å². The molecule has 2 aromatic rings. The molecule has 3 heterocycles. The predicted molar refractivity (Wildman–Crippen MR) is 87.4 cm³/mol. The molecule has 0 aromatic heterocycles. The molecule has 3 aliphatic heterocycles. The number of quaternary nitrogens is 1. The van der Waals surface area contributed by atoms with Crippen LogP contribution in [-0.4, -0.2) is 29.9 Å². The number of nitrogens with zero attached hydrogens (tertiary/aromatic N) is 1. The Balaban J connectivity index is 0.00000156. The van der Waals surface area contributed by atoms with Gasteiger partial charge in [-0.15, -0.1) is 0 Å². The number of piperidine rings is 3. The zero-order valence-electron chi connectivity index (χ0n) is 13.2. The van der Waals surface area contributed by atoms with E-state index in [4.69, 9.17) is 0 Å². The summed E-state index contributed by atoms with van der Waals surface area (Å²) in [5.74, 6) is 0.451. The molecule has 3 heteroatoms. The number of carbonyl (C=O) groups excluding carboxylic acids is 1. The molecule has 0 N–H and O–H groups in total. The zero-order chi connectivity index (χ0) is 15.0. The lowest BCUT2D eigenvalue weighted by Crippen LogP contribution is -3.00. The van der Waals surface area contributed by atoms with Gasteiger partial charge in [0.2, 0.25) is 0 Å². The number of ketones is 1. The molecule has 23 heavy (non-hydrogen) atoms. The Kier molecular flexibility index (Phi) is 4.43. The lowest BCUT2D eigenvalue weighted by molar-refractivity contribution is -0.944. The van der Waals surface area contributed by atoms with Crippen LogP contribution in [-0.2, 0) is 16.8 Å². The van der Waals surface area contributed by atoms with Gasteiger partial charge in [-0.2, -0.15) is 0 Å². The van der Waals surface area contributed by atoms with Gasteiger partial charge in [-0.05, 0) is 5.56 Å². The number of rotatable bonds is 3. The molecular formula is C20H22BrNO. The van der Waals surface area contributed by atoms with E-state index in [1.54, 1.807) is 0 Å². The van der Waals surface area contributed by atoms with E-state index in [-0.39, 0.29) is 22.4 Å². The fourth-order valence-corrected chi connectivity index (χ4v) is 4.38. The normalized spacial score (nSPS) is 29.1. The maximum atomic E-state index is 13.0. The maximum Gasteiger partial charge on any atom is 0.197 e. The first-order chi connectivity index (χ1) is 10.7. The molecule has 2 nitrogen and oxygen atoms in total. The summed E-state index contributed by atoms with van der Waals surface area (Å²) in [5, 5.41) is 0. The molecule has 2 bridgehead atoms. The highest BCUT2D eigenvalue weighted by Crippen LogP contribution is 2.44. The molecule has 0 amide bonds. The predicted octanol–water partition coefficient (Wildman–Crippen LogP) is 0.322. The summed E-state index contributed by atoms with van der Waals surface area (Å²) < 4.78 is 0.956. The minimum atomic E-state index is -0.196. The molecular weight excluding hydrogens is 350 g/mol. The Bertz CT molecular complexity index is 675. The molecule has 3 fully saturated rings. The third-order valence-corrected chi connectivity index (χ3v) is 5.73. The lowest BCUT2D eigenvalue weighted by Gasteiger charge is -2.53. The van der Waals surface area contributed by atoms with Crippen molar-refractivity contribution in [2.75, 3.05) is 19.6 Å². The van der Waals surface area contributed by atoms with Gasteiger partial charge < -0.3 is 21.5 Å². The van der Waals surface area contributed by atoms with E-state index in [1.165, 1.54) is 11.1 Å². The van der Waals surface area contributed by atoms with E-state index >= 15 is 0 Å². The summed E-state index contributed by atoms with van der Waals surface area (Å²) in [5.41, 5.74) is 2.39. The lowest BCUT2D eigenvalue weighted by atomic mass is 9.65. The molecule has 0 atom stereocenters. The summed E-state index contributed by atoms with van der Waals surface area (Å²) >= 11 is 0. The van der Waals surface area contributed by atoms with Crippen LogP contribution in [0.3, 0.4) is 0 Å². The van der Waals surface area contributed by atoms with E-state index < -0.39 is 0 Å². The quantitative estimate of drug-likeness (QED) is 0.710. The summed E-state index contributed by atoms with van der Waals surface area (Å²) in [4.78, 5) is 13.0. The van der Waals surface area contributed by atoms with Crippen LogP contribution in [0.5, 0.6) is 0 Å². The van der Waals surface area contributed by atoms with E-state index in [9.17, 15) is 4.79 Å². The molecule has 0 spiro atoms. The Labute approximate surface area is 148 Å². The number of Topliss-reactive ketones (excluding diaryl/α,β-unsaturated/α-hetero) is 1. The van der Waals surface area contributed by atoms with Crippen LogP contribution in [0, 0.1) is 0 Å². The van der Waals surface area contributed by atoms with Crippen LogP contribution < -0.4 is 17.0 Å². The average Bonchev–Trinajstić information content (AvgIpc) is 2.57. The second-order valence-corrected chi connectivity index (χ2v) is 6.96. The van der Waals surface area contributed by atoms with Crippen molar-refractivity contribution >= 4 is 5.78 Å². The van der Waals surface area contributed by atoms with Crippen molar-refractivity contribution in [3.63, 3.8) is 0 Å². The van der Waals surface area contributed by atoms with Crippen LogP contribution in [0.25, 0.3) is 0 Å². The average molecular weight is 372 g/mol. The number of benzene rings is 2. The first-order valence-electron chi connectivity index (χ1n) is 8.20. The van der Waals surface area contributed by atoms with E-state index in [0.29, 0.717) is 12.3 Å². The van der Waals surface area contributed by atoms with Gasteiger partial charge in [0.25, 0.3) is 0 Å². The second kappa shape index (κ2) is 6.21. The summed E-state index contributed by atoms with van der Waals surface area (Å²) in [6.07, 6.45) is 2.01. The number of halogens is 1. The molecule has 5 rings (SSSR count). The Hall–Kier alpha value is -1.45. The monoisotopic (exact) mass is 371 g/mol. The molecule has 3 aliphatic rings. The highest BCUT2D eigenvalue weighted by Gasteiger charge is 2.55. The molecule has 3 saturated heterocycles. The third kappa shape index (κ3) is 2.77. The van der Waals surface area contributed by atoms with Crippen molar-refractivity contribution in [2.24, 2.45) is 0 Å². The van der Waals surface area contributed by atoms with Crippen molar-refractivity contribution in [3.8, 4) is 0 Å². The highest BCUT2D eigenvalue weighted by molar-refractivity contribution is 5.92. The van der Waals surface area contributed by atoms with Gasteiger partial charge in [0, 0.05) is 18.4 Å². The fraction of sp³-hybridized carbons (Fsp3) is 0.350. The van der Waals surface area contributed by atoms with E-state index in [2.05, 4.69) is 54.6 Å². The molecule has 2 aromatic carbocycles. The Morgan fingerprint density at radius 2 is 1.43 bits per heavy atom. The van der Waals surface area contributed by atoms with Gasteiger partial charge >= 0.3 is 0 Å². The topological polar surface area (TPSA) is 17.1 Å². The van der Waals surface area contributed by atoms with Crippen LogP contribution in [0.4, 0.5) is 0 Å². The summed E-state index contributed by atoms with van der Waals surface area (Å²) in [6.45, 7) is 3.94. The van der Waals surface area contributed by atoms with E-state index in [0.717, 1.165) is 37.0 Å². The maximum absolute atomic E-state index is 13.0. The molecule has 0 saturated carbocycles. The molecule has 0 radical (unpaired) electrons. The zero-order valence-corrected chi connectivity index (χ0v) is 14.8. The van der Waals surface area contributed by atoms with Gasteiger partial charge in [-0.3, -0.25) is 4.79 Å². The molecule has 0 unspecified atom stereocenters. The number of fused-ring (bicyclic) bond motifs is 3. The van der Waals surface area contributed by atoms with Crippen molar-refractivity contribution < 1.29 is 26.3 Å².